The van der Waals surface area contributed by atoms with Gasteiger partial charge in [-0.3, -0.25) is 0 Å². The number of aromatic nitrogens is 1. The van der Waals surface area contributed by atoms with Crippen molar-refractivity contribution in [3.05, 3.63) is 23.2 Å². The van der Waals surface area contributed by atoms with Crippen LogP contribution in [0.15, 0.2) is 22.7 Å². The van der Waals surface area contributed by atoms with Crippen molar-refractivity contribution in [2.45, 2.75) is 6.92 Å². The second-order valence-electron chi connectivity index (χ2n) is 3.22. The second kappa shape index (κ2) is 5.05. The molecular formula is C11H10ClNO4. The maximum Gasteiger partial charge on any atom is 0.344 e. The fraction of sp³-hybridized carbons (Fsp3) is 0.273. The lowest BCUT2D eigenvalue weighted by atomic mass is 10.2. The van der Waals surface area contributed by atoms with E-state index in [1.807, 2.05) is 0 Å². The summed E-state index contributed by atoms with van der Waals surface area (Å²) in [5.41, 5.74) is 0.549. The van der Waals surface area contributed by atoms with E-state index in [2.05, 4.69) is 5.16 Å². The van der Waals surface area contributed by atoms with Crippen LogP contribution in [0.3, 0.4) is 0 Å². The molecule has 0 bridgehead atoms. The number of esters is 1. The first-order valence-corrected chi connectivity index (χ1v) is 5.42. The molecule has 0 saturated heterocycles. The molecule has 0 spiro atoms. The standard InChI is InChI=1S/C11H10ClNO4/c1-2-15-10(14)6-16-11-8-5-7(12)3-4-9(8)17-13-11/h3-5H,2,6H2,1H3. The molecule has 0 aliphatic rings. The van der Waals surface area contributed by atoms with Gasteiger partial charge >= 0.3 is 5.97 Å². The normalized spacial score (nSPS) is 10.5. The average molecular weight is 256 g/mol. The molecule has 0 aliphatic heterocycles. The molecule has 0 fully saturated rings. The average Bonchev–Trinajstić information content (AvgIpc) is 2.69. The molecule has 5 nitrogen and oxygen atoms in total. The Morgan fingerprint density at radius 1 is 1.53 bits per heavy atom. The van der Waals surface area contributed by atoms with Crippen LogP contribution in [0.2, 0.25) is 5.02 Å². The lowest BCUT2D eigenvalue weighted by Crippen LogP contribution is -2.14. The molecule has 2 rings (SSSR count). The van der Waals surface area contributed by atoms with E-state index in [0.717, 1.165) is 0 Å². The van der Waals surface area contributed by atoms with Crippen molar-refractivity contribution in [1.29, 1.82) is 0 Å². The Kier molecular flexibility index (Phi) is 3.49. The van der Waals surface area contributed by atoms with Gasteiger partial charge in [0.25, 0.3) is 5.88 Å². The van der Waals surface area contributed by atoms with Crippen molar-refractivity contribution >= 4 is 28.5 Å². The van der Waals surface area contributed by atoms with Crippen LogP contribution in [0.1, 0.15) is 6.92 Å². The molecule has 6 heteroatoms. The van der Waals surface area contributed by atoms with Crippen molar-refractivity contribution in [3.8, 4) is 5.88 Å². The molecule has 17 heavy (non-hydrogen) atoms. The maximum absolute atomic E-state index is 11.1. The lowest BCUT2D eigenvalue weighted by molar-refractivity contribution is -0.145. The number of fused-ring (bicyclic) bond motifs is 1. The highest BCUT2D eigenvalue weighted by Gasteiger charge is 2.11. The van der Waals surface area contributed by atoms with Crippen LogP contribution in [0, 0.1) is 0 Å². The Labute approximate surface area is 102 Å². The minimum Gasteiger partial charge on any atom is -0.463 e. The zero-order chi connectivity index (χ0) is 12.3. The van der Waals surface area contributed by atoms with Gasteiger partial charge in [0.15, 0.2) is 12.2 Å². The largest absolute Gasteiger partial charge is 0.463 e. The minimum atomic E-state index is -0.453. The Morgan fingerprint density at radius 2 is 2.35 bits per heavy atom. The van der Waals surface area contributed by atoms with Crippen LogP contribution in [0.25, 0.3) is 11.0 Å². The molecule has 0 N–H and O–H groups in total. The number of carbonyl (C=O) groups is 1. The summed E-state index contributed by atoms with van der Waals surface area (Å²) in [5, 5.41) is 4.87. The molecule has 90 valence electrons. The number of rotatable bonds is 4. The first kappa shape index (κ1) is 11.7. The number of nitrogens with zero attached hydrogens (tertiary/aromatic N) is 1. The molecular weight excluding hydrogens is 246 g/mol. The van der Waals surface area contributed by atoms with Gasteiger partial charge in [0.05, 0.1) is 12.0 Å². The molecule has 0 atom stereocenters. The van der Waals surface area contributed by atoms with E-state index in [9.17, 15) is 4.79 Å². The van der Waals surface area contributed by atoms with Crippen molar-refractivity contribution in [1.82, 2.24) is 5.16 Å². The number of ether oxygens (including phenoxy) is 2. The fourth-order valence-electron chi connectivity index (χ4n) is 1.32. The van der Waals surface area contributed by atoms with E-state index in [-0.39, 0.29) is 12.5 Å². The van der Waals surface area contributed by atoms with Gasteiger partial charge in [0.2, 0.25) is 0 Å². The molecule has 0 saturated carbocycles. The molecule has 0 unspecified atom stereocenters. The highest BCUT2D eigenvalue weighted by atomic mass is 35.5. The summed E-state index contributed by atoms with van der Waals surface area (Å²) in [4.78, 5) is 11.1. The zero-order valence-electron chi connectivity index (χ0n) is 9.10. The van der Waals surface area contributed by atoms with Gasteiger partial charge in [-0.15, -0.1) is 0 Å². The third-order valence-electron chi connectivity index (χ3n) is 2.03. The quantitative estimate of drug-likeness (QED) is 0.785. The molecule has 1 aromatic heterocycles. The first-order chi connectivity index (χ1) is 8.20. The highest BCUT2D eigenvalue weighted by Crippen LogP contribution is 2.27. The minimum absolute atomic E-state index is 0.206. The van der Waals surface area contributed by atoms with Crippen molar-refractivity contribution in [2.24, 2.45) is 0 Å². The first-order valence-electron chi connectivity index (χ1n) is 5.04. The highest BCUT2D eigenvalue weighted by molar-refractivity contribution is 6.31. The van der Waals surface area contributed by atoms with Gasteiger partial charge in [0.1, 0.15) is 0 Å². The van der Waals surface area contributed by atoms with Crippen LogP contribution in [-0.2, 0) is 9.53 Å². The van der Waals surface area contributed by atoms with E-state index < -0.39 is 5.97 Å². The fourth-order valence-corrected chi connectivity index (χ4v) is 1.49. The van der Waals surface area contributed by atoms with Gasteiger partial charge in [-0.25, -0.2) is 4.79 Å². The molecule has 2 aromatic rings. The lowest BCUT2D eigenvalue weighted by Gasteiger charge is -2.02. The van der Waals surface area contributed by atoms with Crippen LogP contribution < -0.4 is 4.74 Å². The van der Waals surface area contributed by atoms with Gasteiger partial charge in [-0.2, -0.15) is 0 Å². The monoisotopic (exact) mass is 255 g/mol. The zero-order valence-corrected chi connectivity index (χ0v) is 9.86. The van der Waals surface area contributed by atoms with Crippen LogP contribution >= 0.6 is 11.6 Å². The van der Waals surface area contributed by atoms with Gasteiger partial charge < -0.3 is 14.0 Å². The maximum atomic E-state index is 11.1. The molecule has 1 aromatic carbocycles. The SMILES string of the molecule is CCOC(=O)COc1noc2ccc(Cl)cc12. The molecule has 0 amide bonds. The Balaban J connectivity index is 2.13. The van der Waals surface area contributed by atoms with Gasteiger partial charge in [-0.1, -0.05) is 11.6 Å². The van der Waals surface area contributed by atoms with Gasteiger partial charge in [-0.05, 0) is 30.3 Å². The van der Waals surface area contributed by atoms with Crippen molar-refractivity contribution < 1.29 is 18.8 Å². The number of hydrogen-bond donors (Lipinski definition) is 0. The van der Waals surface area contributed by atoms with E-state index in [1.165, 1.54) is 0 Å². The predicted octanol–water partition coefficient (Wildman–Crippen LogP) is 2.42. The predicted molar refractivity (Wildman–Crippen MR) is 61.1 cm³/mol. The molecule has 0 radical (unpaired) electrons. The summed E-state index contributed by atoms with van der Waals surface area (Å²) in [6, 6.07) is 5.03. The van der Waals surface area contributed by atoms with Gasteiger partial charge in [0, 0.05) is 5.02 Å². The summed E-state index contributed by atoms with van der Waals surface area (Å²) >= 11 is 5.84. The number of benzene rings is 1. The van der Waals surface area contributed by atoms with E-state index in [1.54, 1.807) is 25.1 Å². The van der Waals surface area contributed by atoms with Crippen LogP contribution in [-0.4, -0.2) is 24.3 Å². The van der Waals surface area contributed by atoms with E-state index >= 15 is 0 Å². The number of halogens is 1. The van der Waals surface area contributed by atoms with E-state index in [0.29, 0.717) is 22.6 Å². The Morgan fingerprint density at radius 3 is 3.12 bits per heavy atom. The Hall–Kier alpha value is -1.75. The molecule has 0 aliphatic carbocycles. The third-order valence-corrected chi connectivity index (χ3v) is 2.27. The summed E-state index contributed by atoms with van der Waals surface area (Å²) in [7, 11) is 0. The Bertz CT molecular complexity index is 537. The topological polar surface area (TPSA) is 61.6 Å². The summed E-state index contributed by atoms with van der Waals surface area (Å²) in [6.45, 7) is 1.83. The van der Waals surface area contributed by atoms with Crippen LogP contribution in [0.4, 0.5) is 0 Å². The summed E-state index contributed by atoms with van der Waals surface area (Å²) in [5.74, 6) is -0.221. The second-order valence-corrected chi connectivity index (χ2v) is 3.66. The summed E-state index contributed by atoms with van der Waals surface area (Å²) in [6.07, 6.45) is 0. The van der Waals surface area contributed by atoms with Crippen molar-refractivity contribution in [2.75, 3.05) is 13.2 Å². The van der Waals surface area contributed by atoms with Crippen molar-refractivity contribution in [3.63, 3.8) is 0 Å². The van der Waals surface area contributed by atoms with E-state index in [4.69, 9.17) is 25.6 Å². The van der Waals surface area contributed by atoms with Crippen LogP contribution in [0.5, 0.6) is 5.88 Å². The molecule has 1 heterocycles. The number of carbonyl (C=O) groups excluding carboxylic acids is 1. The summed E-state index contributed by atoms with van der Waals surface area (Å²) < 4.78 is 14.9. The number of hydrogen-bond acceptors (Lipinski definition) is 5. The smallest absolute Gasteiger partial charge is 0.344 e. The third kappa shape index (κ3) is 2.68.